The van der Waals surface area contributed by atoms with Crippen LogP contribution in [0.25, 0.3) is 0 Å². The van der Waals surface area contributed by atoms with Crippen LogP contribution in [0.2, 0.25) is 0 Å². The summed E-state index contributed by atoms with van der Waals surface area (Å²) >= 11 is 0. The third kappa shape index (κ3) is 2.14. The maximum absolute atomic E-state index is 11.8. The summed E-state index contributed by atoms with van der Waals surface area (Å²) < 4.78 is 0. The molecule has 0 spiro atoms. The third-order valence-corrected chi connectivity index (χ3v) is 4.13. The Morgan fingerprint density at radius 2 is 2.18 bits per heavy atom. The van der Waals surface area contributed by atoms with E-state index < -0.39 is 0 Å². The van der Waals surface area contributed by atoms with Crippen molar-refractivity contribution < 1.29 is 9.90 Å². The van der Waals surface area contributed by atoms with Gasteiger partial charge in [0.05, 0.1) is 6.61 Å². The fraction of sp³-hybridized carbons (Fsp3) is 0.533. The van der Waals surface area contributed by atoms with E-state index in [9.17, 15) is 9.90 Å². The van der Waals surface area contributed by atoms with Crippen LogP contribution in [-0.2, 0) is 4.79 Å². The fourth-order valence-corrected chi connectivity index (χ4v) is 2.85. The maximum Gasteiger partial charge on any atom is 0.163 e. The highest BCUT2D eigenvalue weighted by molar-refractivity contribution is 6.02. The zero-order valence-corrected chi connectivity index (χ0v) is 10.7. The third-order valence-electron chi connectivity index (χ3n) is 4.13. The molecule has 2 heteroatoms. The van der Waals surface area contributed by atoms with Crippen molar-refractivity contribution in [3.05, 3.63) is 34.4 Å². The largest absolute Gasteiger partial charge is 0.392 e. The lowest BCUT2D eigenvalue weighted by atomic mass is 9.90. The summed E-state index contributed by atoms with van der Waals surface area (Å²) in [6.07, 6.45) is 3.36. The monoisotopic (exact) mass is 232 g/mol. The van der Waals surface area contributed by atoms with Gasteiger partial charge in [-0.25, -0.2) is 0 Å². The molecule has 0 heterocycles. The van der Waals surface area contributed by atoms with Gasteiger partial charge in [0, 0.05) is 6.42 Å². The summed E-state index contributed by atoms with van der Waals surface area (Å²) in [5.41, 5.74) is 5.46. The number of allylic oxidation sites excluding steroid dienone is 4. The Kier molecular flexibility index (Phi) is 3.34. The molecule has 1 unspecified atom stereocenters. The highest BCUT2D eigenvalue weighted by Crippen LogP contribution is 2.41. The number of carbonyl (C=O) groups is 1. The van der Waals surface area contributed by atoms with E-state index in [1.54, 1.807) is 0 Å². The highest BCUT2D eigenvalue weighted by atomic mass is 16.3. The van der Waals surface area contributed by atoms with E-state index in [-0.39, 0.29) is 12.4 Å². The highest BCUT2D eigenvalue weighted by Gasteiger charge is 2.30. The van der Waals surface area contributed by atoms with E-state index in [0.717, 1.165) is 36.0 Å². The van der Waals surface area contributed by atoms with Gasteiger partial charge in [0.25, 0.3) is 0 Å². The zero-order chi connectivity index (χ0) is 12.6. The predicted octanol–water partition coefficient (Wildman–Crippen LogP) is 2.94. The van der Waals surface area contributed by atoms with Gasteiger partial charge in [-0.1, -0.05) is 12.2 Å². The number of hydrogen-bond acceptors (Lipinski definition) is 2. The van der Waals surface area contributed by atoms with E-state index in [1.807, 2.05) is 6.92 Å². The van der Waals surface area contributed by atoms with Crippen molar-refractivity contribution in [2.24, 2.45) is 5.92 Å². The van der Waals surface area contributed by atoms with Crippen LogP contribution in [-0.4, -0.2) is 17.5 Å². The number of Topliss-reactive ketones (excluding diaryl/α,β-unsaturated/α-hetero) is 1. The van der Waals surface area contributed by atoms with Gasteiger partial charge in [0.1, 0.15) is 0 Å². The first-order valence-electron chi connectivity index (χ1n) is 6.25. The molecule has 1 atom stereocenters. The van der Waals surface area contributed by atoms with Crippen LogP contribution in [0, 0.1) is 5.92 Å². The molecule has 0 saturated heterocycles. The van der Waals surface area contributed by atoms with Crippen molar-refractivity contribution in [1.29, 1.82) is 0 Å². The van der Waals surface area contributed by atoms with Gasteiger partial charge in [0.15, 0.2) is 5.78 Å². The van der Waals surface area contributed by atoms with Gasteiger partial charge in [0.2, 0.25) is 0 Å². The second-order valence-corrected chi connectivity index (χ2v) is 5.23. The normalized spacial score (nSPS) is 25.1. The first-order valence-corrected chi connectivity index (χ1v) is 6.25. The lowest BCUT2D eigenvalue weighted by Gasteiger charge is -2.15. The number of rotatable bonds is 2. The van der Waals surface area contributed by atoms with E-state index in [2.05, 4.69) is 13.5 Å². The summed E-state index contributed by atoms with van der Waals surface area (Å²) in [4.78, 5) is 11.8. The maximum atomic E-state index is 11.8. The molecule has 0 aliphatic heterocycles. The van der Waals surface area contributed by atoms with Crippen molar-refractivity contribution >= 4 is 5.78 Å². The van der Waals surface area contributed by atoms with Gasteiger partial charge in [-0.05, 0) is 61.3 Å². The van der Waals surface area contributed by atoms with Crippen molar-refractivity contribution in [2.75, 3.05) is 6.61 Å². The number of ketones is 1. The standard InChI is InChI=1S/C15H20O2/c1-9(2)11-4-5-12(8-16)14-7-15(17)10(3)13(14)6-11/h11,16H,1,4-8H2,2-3H3. The molecule has 0 aromatic rings. The van der Waals surface area contributed by atoms with Crippen LogP contribution < -0.4 is 0 Å². The molecule has 0 bridgehead atoms. The second kappa shape index (κ2) is 4.61. The summed E-state index contributed by atoms with van der Waals surface area (Å²) in [6.45, 7) is 8.10. The zero-order valence-electron chi connectivity index (χ0n) is 10.7. The number of aliphatic hydroxyl groups is 1. The fourth-order valence-electron chi connectivity index (χ4n) is 2.85. The molecule has 2 rings (SSSR count). The number of carbonyl (C=O) groups excluding carboxylic acids is 1. The summed E-state index contributed by atoms with van der Waals surface area (Å²) in [7, 11) is 0. The van der Waals surface area contributed by atoms with Gasteiger partial charge in [-0.15, -0.1) is 0 Å². The molecule has 0 saturated carbocycles. The quantitative estimate of drug-likeness (QED) is 0.743. The molecule has 0 amide bonds. The van der Waals surface area contributed by atoms with Crippen molar-refractivity contribution in [3.63, 3.8) is 0 Å². The molecule has 17 heavy (non-hydrogen) atoms. The first-order chi connectivity index (χ1) is 8.04. The predicted molar refractivity (Wildman–Crippen MR) is 68.6 cm³/mol. The van der Waals surface area contributed by atoms with Gasteiger partial charge >= 0.3 is 0 Å². The number of fused-ring (bicyclic) bond motifs is 1. The van der Waals surface area contributed by atoms with Gasteiger partial charge in [-0.3, -0.25) is 4.79 Å². The molecule has 1 N–H and O–H groups in total. The topological polar surface area (TPSA) is 37.3 Å². The molecule has 0 radical (unpaired) electrons. The minimum Gasteiger partial charge on any atom is -0.392 e. The summed E-state index contributed by atoms with van der Waals surface area (Å²) in [5, 5.41) is 9.45. The molecule has 0 aromatic carbocycles. The van der Waals surface area contributed by atoms with Crippen molar-refractivity contribution in [1.82, 2.24) is 0 Å². The number of hydrogen-bond donors (Lipinski definition) is 1. The van der Waals surface area contributed by atoms with Crippen LogP contribution in [0.15, 0.2) is 34.4 Å². The van der Waals surface area contributed by atoms with Crippen LogP contribution >= 0.6 is 0 Å². The molecule has 2 nitrogen and oxygen atoms in total. The Hall–Kier alpha value is -1.15. The first kappa shape index (κ1) is 12.3. The molecule has 2 aliphatic rings. The average Bonchev–Trinajstić information content (AvgIpc) is 2.50. The Morgan fingerprint density at radius 3 is 2.76 bits per heavy atom. The van der Waals surface area contributed by atoms with Crippen molar-refractivity contribution in [2.45, 2.75) is 39.5 Å². The van der Waals surface area contributed by atoms with Crippen LogP contribution in [0.1, 0.15) is 39.5 Å². The van der Waals surface area contributed by atoms with Crippen LogP contribution in [0.3, 0.4) is 0 Å². The lowest BCUT2D eigenvalue weighted by molar-refractivity contribution is -0.114. The Bertz CT molecular complexity index is 438. The van der Waals surface area contributed by atoms with Gasteiger partial charge < -0.3 is 5.11 Å². The van der Waals surface area contributed by atoms with E-state index in [1.165, 1.54) is 11.1 Å². The smallest absolute Gasteiger partial charge is 0.163 e. The average molecular weight is 232 g/mol. The van der Waals surface area contributed by atoms with Crippen LogP contribution in [0.4, 0.5) is 0 Å². The number of aliphatic hydroxyl groups excluding tert-OH is 1. The molecule has 0 aromatic heterocycles. The lowest BCUT2D eigenvalue weighted by Crippen LogP contribution is -2.02. The Balaban J connectivity index is 2.42. The van der Waals surface area contributed by atoms with E-state index in [0.29, 0.717) is 12.3 Å². The van der Waals surface area contributed by atoms with E-state index >= 15 is 0 Å². The minimum absolute atomic E-state index is 0.0856. The second-order valence-electron chi connectivity index (χ2n) is 5.23. The van der Waals surface area contributed by atoms with E-state index in [4.69, 9.17) is 0 Å². The SMILES string of the molecule is C=C(C)C1CCC(CO)=C2CC(=O)C(C)=C2C1. The van der Waals surface area contributed by atoms with Crippen LogP contribution in [0.5, 0.6) is 0 Å². The molecular formula is C15H20O2. The van der Waals surface area contributed by atoms with Crippen molar-refractivity contribution in [3.8, 4) is 0 Å². The minimum atomic E-state index is 0.0856. The molecule has 2 aliphatic carbocycles. The van der Waals surface area contributed by atoms with Gasteiger partial charge in [-0.2, -0.15) is 0 Å². The summed E-state index contributed by atoms with van der Waals surface area (Å²) in [5.74, 6) is 0.674. The summed E-state index contributed by atoms with van der Waals surface area (Å²) in [6, 6.07) is 0. The molecule has 0 fully saturated rings. The Labute approximate surface area is 103 Å². The molecule has 92 valence electrons. The molecular weight excluding hydrogens is 212 g/mol. The Morgan fingerprint density at radius 1 is 1.47 bits per heavy atom.